The van der Waals surface area contributed by atoms with Crippen molar-refractivity contribution in [1.82, 2.24) is 9.80 Å². The zero-order valence-electron chi connectivity index (χ0n) is 12.0. The Morgan fingerprint density at radius 3 is 2.28 bits per heavy atom. The molecule has 0 bridgehead atoms. The van der Waals surface area contributed by atoms with Gasteiger partial charge >= 0.3 is 0 Å². The standard InChI is InChI=1S/C16H26N2/c1-4-18(5-2)15-14-17(3)13-9-12-16-10-7-6-8-11-16/h6-12H,4-5,13-15H2,1-3H3/b12-9+. The first kappa shape index (κ1) is 14.9. The number of benzene rings is 1. The van der Waals surface area contributed by atoms with E-state index in [1.165, 1.54) is 5.56 Å². The summed E-state index contributed by atoms with van der Waals surface area (Å²) in [6.45, 7) is 10.0. The molecule has 0 heterocycles. The Bertz CT molecular complexity index is 328. The highest BCUT2D eigenvalue weighted by atomic mass is 15.2. The maximum absolute atomic E-state index is 2.46. The molecule has 100 valence electrons. The second-order valence-corrected chi connectivity index (χ2v) is 4.60. The molecule has 0 atom stereocenters. The monoisotopic (exact) mass is 246 g/mol. The average Bonchev–Trinajstić information content (AvgIpc) is 2.41. The summed E-state index contributed by atoms with van der Waals surface area (Å²) in [7, 11) is 2.18. The minimum atomic E-state index is 1.01. The number of rotatable bonds is 8. The van der Waals surface area contributed by atoms with Crippen molar-refractivity contribution in [3.8, 4) is 0 Å². The second-order valence-electron chi connectivity index (χ2n) is 4.60. The van der Waals surface area contributed by atoms with Gasteiger partial charge in [-0.15, -0.1) is 0 Å². The average molecular weight is 246 g/mol. The van der Waals surface area contributed by atoms with Crippen LogP contribution in [0.15, 0.2) is 36.4 Å². The third kappa shape index (κ3) is 5.99. The molecule has 1 aromatic rings. The van der Waals surface area contributed by atoms with Crippen LogP contribution >= 0.6 is 0 Å². The van der Waals surface area contributed by atoms with Gasteiger partial charge in [0.2, 0.25) is 0 Å². The van der Waals surface area contributed by atoms with Gasteiger partial charge in [0.05, 0.1) is 0 Å². The van der Waals surface area contributed by atoms with E-state index in [9.17, 15) is 0 Å². The molecule has 0 fully saturated rings. The maximum atomic E-state index is 2.46. The predicted octanol–water partition coefficient (Wildman–Crippen LogP) is 2.97. The van der Waals surface area contributed by atoms with Crippen molar-refractivity contribution >= 4 is 6.08 Å². The molecule has 0 saturated heterocycles. The molecule has 0 aliphatic heterocycles. The van der Waals surface area contributed by atoms with Crippen LogP contribution in [0.5, 0.6) is 0 Å². The van der Waals surface area contributed by atoms with E-state index >= 15 is 0 Å². The first-order valence-corrected chi connectivity index (χ1v) is 6.88. The van der Waals surface area contributed by atoms with E-state index in [0.717, 1.165) is 32.7 Å². The fraction of sp³-hybridized carbons (Fsp3) is 0.500. The van der Waals surface area contributed by atoms with Crippen LogP contribution in [0.3, 0.4) is 0 Å². The molecule has 0 amide bonds. The van der Waals surface area contributed by atoms with Crippen LogP contribution < -0.4 is 0 Å². The third-order valence-electron chi connectivity index (χ3n) is 3.22. The summed E-state index contributed by atoms with van der Waals surface area (Å²) in [4.78, 5) is 4.81. The van der Waals surface area contributed by atoms with Crippen LogP contribution in [0.2, 0.25) is 0 Å². The fourth-order valence-corrected chi connectivity index (χ4v) is 1.88. The van der Waals surface area contributed by atoms with Gasteiger partial charge in [-0.3, -0.25) is 0 Å². The van der Waals surface area contributed by atoms with Crippen molar-refractivity contribution in [1.29, 1.82) is 0 Å². The lowest BCUT2D eigenvalue weighted by Crippen LogP contribution is -2.33. The minimum absolute atomic E-state index is 1.01. The van der Waals surface area contributed by atoms with Crippen LogP contribution in [0.25, 0.3) is 6.08 Å². The molecule has 0 spiro atoms. The van der Waals surface area contributed by atoms with Gasteiger partial charge in [0.1, 0.15) is 0 Å². The third-order valence-corrected chi connectivity index (χ3v) is 3.22. The molecule has 18 heavy (non-hydrogen) atoms. The van der Waals surface area contributed by atoms with Gasteiger partial charge in [-0.2, -0.15) is 0 Å². The normalized spacial score (nSPS) is 11.8. The molecule has 2 nitrogen and oxygen atoms in total. The Labute approximate surface area is 112 Å². The molecular weight excluding hydrogens is 220 g/mol. The molecular formula is C16H26N2. The SMILES string of the molecule is CCN(CC)CCN(C)C/C=C/c1ccccc1. The summed E-state index contributed by atoms with van der Waals surface area (Å²) in [6.07, 6.45) is 4.42. The van der Waals surface area contributed by atoms with E-state index in [-0.39, 0.29) is 0 Å². The molecule has 0 saturated carbocycles. The van der Waals surface area contributed by atoms with Gasteiger partial charge in [0, 0.05) is 19.6 Å². The Kier molecular flexibility index (Phi) is 7.38. The highest BCUT2D eigenvalue weighted by Crippen LogP contribution is 2.01. The molecule has 0 aliphatic rings. The van der Waals surface area contributed by atoms with E-state index in [1.54, 1.807) is 0 Å². The number of likely N-dealkylation sites (N-methyl/N-ethyl adjacent to an activating group) is 2. The lowest BCUT2D eigenvalue weighted by Gasteiger charge is -2.22. The molecule has 0 aromatic heterocycles. The highest BCUT2D eigenvalue weighted by molar-refractivity contribution is 5.48. The first-order valence-electron chi connectivity index (χ1n) is 6.88. The minimum Gasteiger partial charge on any atom is -0.303 e. The van der Waals surface area contributed by atoms with Crippen LogP contribution in [-0.4, -0.2) is 49.6 Å². The first-order chi connectivity index (χ1) is 8.76. The van der Waals surface area contributed by atoms with Crippen molar-refractivity contribution < 1.29 is 0 Å². The maximum Gasteiger partial charge on any atom is 0.0163 e. The number of hydrogen-bond acceptors (Lipinski definition) is 2. The van der Waals surface area contributed by atoms with Crippen molar-refractivity contribution in [2.24, 2.45) is 0 Å². The Morgan fingerprint density at radius 1 is 1.00 bits per heavy atom. The smallest absolute Gasteiger partial charge is 0.0163 e. The van der Waals surface area contributed by atoms with Gasteiger partial charge in [0.15, 0.2) is 0 Å². The molecule has 1 rings (SSSR count). The summed E-state index contributed by atoms with van der Waals surface area (Å²) in [6, 6.07) is 10.5. The zero-order valence-corrected chi connectivity index (χ0v) is 12.0. The molecule has 0 radical (unpaired) electrons. The van der Waals surface area contributed by atoms with Gasteiger partial charge in [-0.05, 0) is 25.7 Å². The van der Waals surface area contributed by atoms with Crippen molar-refractivity contribution in [3.63, 3.8) is 0 Å². The second kappa shape index (κ2) is 8.90. The largest absolute Gasteiger partial charge is 0.303 e. The molecule has 1 aromatic carbocycles. The van der Waals surface area contributed by atoms with Crippen LogP contribution in [0.4, 0.5) is 0 Å². The van der Waals surface area contributed by atoms with Gasteiger partial charge in [0.25, 0.3) is 0 Å². The number of hydrogen-bond donors (Lipinski definition) is 0. The Morgan fingerprint density at radius 2 is 1.67 bits per heavy atom. The summed E-state index contributed by atoms with van der Waals surface area (Å²) >= 11 is 0. The van der Waals surface area contributed by atoms with Crippen molar-refractivity contribution in [3.05, 3.63) is 42.0 Å². The zero-order chi connectivity index (χ0) is 13.2. The highest BCUT2D eigenvalue weighted by Gasteiger charge is 2.00. The summed E-state index contributed by atoms with van der Waals surface area (Å²) in [5, 5.41) is 0. The van der Waals surface area contributed by atoms with E-state index in [0.29, 0.717) is 0 Å². The fourth-order valence-electron chi connectivity index (χ4n) is 1.88. The van der Waals surface area contributed by atoms with E-state index in [4.69, 9.17) is 0 Å². The Hall–Kier alpha value is -1.12. The van der Waals surface area contributed by atoms with Gasteiger partial charge in [-0.1, -0.05) is 56.3 Å². The van der Waals surface area contributed by atoms with Gasteiger partial charge in [-0.25, -0.2) is 0 Å². The quantitative estimate of drug-likeness (QED) is 0.696. The molecule has 0 N–H and O–H groups in total. The predicted molar refractivity (Wildman–Crippen MR) is 80.8 cm³/mol. The van der Waals surface area contributed by atoms with E-state index < -0.39 is 0 Å². The molecule has 0 aliphatic carbocycles. The topological polar surface area (TPSA) is 6.48 Å². The van der Waals surface area contributed by atoms with Crippen molar-refractivity contribution in [2.45, 2.75) is 13.8 Å². The lowest BCUT2D eigenvalue weighted by atomic mass is 10.2. The van der Waals surface area contributed by atoms with Gasteiger partial charge < -0.3 is 9.80 Å². The summed E-state index contributed by atoms with van der Waals surface area (Å²) in [5.74, 6) is 0. The van der Waals surface area contributed by atoms with E-state index in [2.05, 4.69) is 67.1 Å². The van der Waals surface area contributed by atoms with Crippen molar-refractivity contribution in [2.75, 3.05) is 39.8 Å². The molecule has 2 heteroatoms. The summed E-state index contributed by atoms with van der Waals surface area (Å²) < 4.78 is 0. The lowest BCUT2D eigenvalue weighted by molar-refractivity contribution is 0.252. The summed E-state index contributed by atoms with van der Waals surface area (Å²) in [5.41, 5.74) is 1.27. The number of nitrogens with zero attached hydrogens (tertiary/aromatic N) is 2. The molecule has 0 unspecified atom stereocenters. The van der Waals surface area contributed by atoms with E-state index in [1.807, 2.05) is 6.07 Å². The van der Waals surface area contributed by atoms with Crippen LogP contribution in [0, 0.1) is 0 Å². The van der Waals surface area contributed by atoms with Crippen LogP contribution in [-0.2, 0) is 0 Å². The van der Waals surface area contributed by atoms with Crippen LogP contribution in [0.1, 0.15) is 19.4 Å². The Balaban J connectivity index is 2.24.